The molecule has 2 nitrogen and oxygen atoms in total. The largest absolute Gasteiger partial charge is 0.455 e. The van der Waals surface area contributed by atoms with Gasteiger partial charge in [0.15, 0.2) is 0 Å². The van der Waals surface area contributed by atoms with Gasteiger partial charge in [-0.25, -0.2) is 0 Å². The van der Waals surface area contributed by atoms with Crippen LogP contribution in [0.5, 0.6) is 11.5 Å². The van der Waals surface area contributed by atoms with Crippen LogP contribution in [0.3, 0.4) is 0 Å². The molecule has 0 saturated heterocycles. The summed E-state index contributed by atoms with van der Waals surface area (Å²) in [6.45, 7) is 5.84. The zero-order valence-electron chi connectivity index (χ0n) is 11.5. The molecular formula is C16H17BrClNO. The third-order valence-corrected chi connectivity index (χ3v) is 3.73. The van der Waals surface area contributed by atoms with Gasteiger partial charge in [0.25, 0.3) is 0 Å². The molecule has 0 heterocycles. The summed E-state index contributed by atoms with van der Waals surface area (Å²) in [6.07, 6.45) is 0. The first-order valence-corrected chi connectivity index (χ1v) is 7.70. The molecule has 0 saturated carbocycles. The molecule has 0 amide bonds. The number of aryl methyl sites for hydroxylation is 1. The Balaban J connectivity index is 2.19. The molecule has 0 bridgehead atoms. The maximum absolute atomic E-state index is 6.29. The first-order valence-electron chi connectivity index (χ1n) is 6.53. The van der Waals surface area contributed by atoms with Gasteiger partial charge in [-0.05, 0) is 48.9 Å². The van der Waals surface area contributed by atoms with Gasteiger partial charge in [-0.15, -0.1) is 0 Å². The van der Waals surface area contributed by atoms with E-state index in [4.69, 9.17) is 16.3 Å². The monoisotopic (exact) mass is 353 g/mol. The van der Waals surface area contributed by atoms with Gasteiger partial charge in [-0.3, -0.25) is 0 Å². The van der Waals surface area contributed by atoms with Crippen LogP contribution >= 0.6 is 27.5 Å². The minimum absolute atomic E-state index is 0.625. The van der Waals surface area contributed by atoms with Crippen LogP contribution in [0.25, 0.3) is 0 Å². The second kappa shape index (κ2) is 7.11. The zero-order chi connectivity index (χ0) is 14.5. The molecule has 2 aromatic carbocycles. The molecule has 4 heteroatoms. The smallest absolute Gasteiger partial charge is 0.146 e. The molecule has 0 aliphatic carbocycles. The van der Waals surface area contributed by atoms with E-state index in [2.05, 4.69) is 28.2 Å². The van der Waals surface area contributed by atoms with E-state index in [0.29, 0.717) is 10.8 Å². The molecule has 0 unspecified atom stereocenters. The summed E-state index contributed by atoms with van der Waals surface area (Å²) in [5.74, 6) is 1.48. The summed E-state index contributed by atoms with van der Waals surface area (Å²) in [7, 11) is 0. The van der Waals surface area contributed by atoms with Gasteiger partial charge in [0.05, 0.1) is 5.02 Å². The minimum atomic E-state index is 0.625. The Morgan fingerprint density at radius 3 is 2.65 bits per heavy atom. The lowest BCUT2D eigenvalue weighted by atomic mass is 10.2. The van der Waals surface area contributed by atoms with Gasteiger partial charge in [0.2, 0.25) is 0 Å². The average molecular weight is 355 g/mol. The quantitative estimate of drug-likeness (QED) is 0.785. The molecule has 0 atom stereocenters. The Morgan fingerprint density at radius 1 is 1.15 bits per heavy atom. The van der Waals surface area contributed by atoms with Gasteiger partial charge in [-0.1, -0.05) is 46.6 Å². The minimum Gasteiger partial charge on any atom is -0.455 e. The van der Waals surface area contributed by atoms with Crippen LogP contribution in [-0.2, 0) is 6.54 Å². The second-order valence-corrected chi connectivity index (χ2v) is 5.88. The van der Waals surface area contributed by atoms with Gasteiger partial charge in [-0.2, -0.15) is 0 Å². The molecule has 0 fully saturated rings. The van der Waals surface area contributed by atoms with Crippen LogP contribution in [0.2, 0.25) is 5.02 Å². The van der Waals surface area contributed by atoms with E-state index < -0.39 is 0 Å². The van der Waals surface area contributed by atoms with Crippen LogP contribution in [0.1, 0.15) is 18.1 Å². The Kier molecular flexibility index (Phi) is 5.46. The number of ether oxygens (including phenoxy) is 1. The summed E-state index contributed by atoms with van der Waals surface area (Å²) < 4.78 is 6.88. The van der Waals surface area contributed by atoms with Crippen molar-refractivity contribution >= 4 is 27.5 Å². The van der Waals surface area contributed by atoms with Crippen LogP contribution in [0, 0.1) is 6.92 Å². The number of rotatable bonds is 5. The lowest BCUT2D eigenvalue weighted by Crippen LogP contribution is -2.11. The summed E-state index contributed by atoms with van der Waals surface area (Å²) >= 11 is 9.73. The standard InChI is InChI=1S/C16H17BrClNO/c1-3-19-10-12-5-7-15(14(18)8-12)20-16-9-13(17)6-4-11(16)2/h4-9,19H,3,10H2,1-2H3. The van der Waals surface area contributed by atoms with E-state index in [1.165, 1.54) is 0 Å². The van der Waals surface area contributed by atoms with E-state index in [1.54, 1.807) is 0 Å². The van der Waals surface area contributed by atoms with Crippen molar-refractivity contribution in [3.05, 3.63) is 57.0 Å². The van der Waals surface area contributed by atoms with Crippen molar-refractivity contribution in [3.63, 3.8) is 0 Å². The number of benzene rings is 2. The van der Waals surface area contributed by atoms with Gasteiger partial charge in [0.1, 0.15) is 11.5 Å². The third-order valence-electron chi connectivity index (χ3n) is 2.95. The molecule has 0 radical (unpaired) electrons. The lowest BCUT2D eigenvalue weighted by Gasteiger charge is -2.12. The number of hydrogen-bond donors (Lipinski definition) is 1. The molecule has 0 spiro atoms. The average Bonchev–Trinajstić information content (AvgIpc) is 2.43. The molecule has 0 aromatic heterocycles. The highest BCUT2D eigenvalue weighted by atomic mass is 79.9. The van der Waals surface area contributed by atoms with Gasteiger partial charge >= 0.3 is 0 Å². The highest BCUT2D eigenvalue weighted by molar-refractivity contribution is 9.10. The van der Waals surface area contributed by atoms with Gasteiger partial charge < -0.3 is 10.1 Å². The van der Waals surface area contributed by atoms with Crippen LogP contribution in [0.4, 0.5) is 0 Å². The third kappa shape index (κ3) is 3.98. The van der Waals surface area contributed by atoms with Crippen molar-refractivity contribution in [2.75, 3.05) is 6.54 Å². The van der Waals surface area contributed by atoms with E-state index in [9.17, 15) is 0 Å². The highest BCUT2D eigenvalue weighted by Gasteiger charge is 2.07. The fourth-order valence-electron chi connectivity index (χ4n) is 1.81. The predicted octanol–water partition coefficient (Wildman–Crippen LogP) is 5.31. The van der Waals surface area contributed by atoms with Crippen molar-refractivity contribution in [3.8, 4) is 11.5 Å². The van der Waals surface area contributed by atoms with Crippen molar-refractivity contribution in [1.82, 2.24) is 5.32 Å². The molecule has 20 heavy (non-hydrogen) atoms. The van der Waals surface area contributed by atoms with E-state index in [1.807, 2.05) is 43.3 Å². The number of nitrogens with one attached hydrogen (secondary N) is 1. The van der Waals surface area contributed by atoms with Gasteiger partial charge in [0, 0.05) is 11.0 Å². The summed E-state index contributed by atoms with van der Waals surface area (Å²) in [5.41, 5.74) is 2.22. The zero-order valence-corrected chi connectivity index (χ0v) is 13.9. The molecule has 106 valence electrons. The van der Waals surface area contributed by atoms with Crippen molar-refractivity contribution in [2.24, 2.45) is 0 Å². The van der Waals surface area contributed by atoms with Crippen molar-refractivity contribution in [1.29, 1.82) is 0 Å². The van der Waals surface area contributed by atoms with Crippen LogP contribution < -0.4 is 10.1 Å². The van der Waals surface area contributed by atoms with Crippen molar-refractivity contribution in [2.45, 2.75) is 20.4 Å². The topological polar surface area (TPSA) is 21.3 Å². The summed E-state index contributed by atoms with van der Waals surface area (Å²) in [6, 6.07) is 11.8. The highest BCUT2D eigenvalue weighted by Crippen LogP contribution is 2.33. The van der Waals surface area contributed by atoms with E-state index >= 15 is 0 Å². The number of halogens is 2. The molecule has 1 N–H and O–H groups in total. The van der Waals surface area contributed by atoms with Crippen LogP contribution in [-0.4, -0.2) is 6.54 Å². The maximum atomic E-state index is 6.29. The first-order chi connectivity index (χ1) is 9.60. The molecule has 0 aliphatic rings. The second-order valence-electron chi connectivity index (χ2n) is 4.56. The normalized spacial score (nSPS) is 10.6. The molecule has 2 rings (SSSR count). The fraction of sp³-hybridized carbons (Fsp3) is 0.250. The number of hydrogen-bond acceptors (Lipinski definition) is 2. The molecule has 2 aromatic rings. The Labute approximate surface area is 133 Å². The van der Waals surface area contributed by atoms with Crippen LogP contribution in [0.15, 0.2) is 40.9 Å². The fourth-order valence-corrected chi connectivity index (χ4v) is 2.39. The van der Waals surface area contributed by atoms with Crippen molar-refractivity contribution < 1.29 is 4.74 Å². The van der Waals surface area contributed by atoms with E-state index in [-0.39, 0.29) is 0 Å². The maximum Gasteiger partial charge on any atom is 0.146 e. The Bertz CT molecular complexity index is 601. The predicted molar refractivity (Wildman–Crippen MR) is 87.8 cm³/mol. The van der Waals surface area contributed by atoms with E-state index in [0.717, 1.165) is 34.4 Å². The first kappa shape index (κ1) is 15.4. The summed E-state index contributed by atoms with van der Waals surface area (Å²) in [4.78, 5) is 0. The lowest BCUT2D eigenvalue weighted by molar-refractivity contribution is 0.478. The molecule has 0 aliphatic heterocycles. The SMILES string of the molecule is CCNCc1ccc(Oc2cc(Br)ccc2C)c(Cl)c1. The molecular weight excluding hydrogens is 338 g/mol. The summed E-state index contributed by atoms with van der Waals surface area (Å²) in [5, 5.41) is 3.90. The Morgan fingerprint density at radius 2 is 1.95 bits per heavy atom. The Hall–Kier alpha value is -1.03.